The molecule has 1 N–H and O–H groups in total. The van der Waals surface area contributed by atoms with Crippen LogP contribution in [0.25, 0.3) is 0 Å². The van der Waals surface area contributed by atoms with Crippen LogP contribution in [0.2, 0.25) is 10.0 Å². The second-order valence-electron chi connectivity index (χ2n) is 8.79. The number of hydrogen-bond donors (Lipinski definition) is 1. The Morgan fingerprint density at radius 3 is 2.08 bits per heavy atom. The van der Waals surface area contributed by atoms with Gasteiger partial charge in [0.2, 0.25) is 11.8 Å². The number of nitrogens with zero attached hydrogens (tertiary/aromatic N) is 3. The first-order valence-electron chi connectivity index (χ1n) is 11.9. The summed E-state index contributed by atoms with van der Waals surface area (Å²) in [5.74, 6) is -2.07. The number of anilines is 1. The highest BCUT2D eigenvalue weighted by Crippen LogP contribution is 2.28. The molecule has 39 heavy (non-hydrogen) atoms. The standard InChI is InChI=1S/C27H29Cl2FN4O4S/c1-31-27(36)25(16-19-10-5-4-6-11-19)33(17-20-21(28)12-9-13-22(20)29)26(35)18-34(39(37,38)32(2)3)24-15-8-7-14-23(24)30/h4-15,25H,16-18H2,1-3H3,(H,31,36)/t25-/m0/s1. The lowest BCUT2D eigenvalue weighted by molar-refractivity contribution is -0.139. The van der Waals surface area contributed by atoms with Crippen molar-refractivity contribution in [3.63, 3.8) is 0 Å². The minimum atomic E-state index is -4.32. The smallest absolute Gasteiger partial charge is 0.304 e. The lowest BCUT2D eigenvalue weighted by Crippen LogP contribution is -2.54. The van der Waals surface area contributed by atoms with Crippen LogP contribution < -0.4 is 9.62 Å². The highest BCUT2D eigenvalue weighted by atomic mass is 35.5. The molecule has 0 aliphatic heterocycles. The first-order valence-corrected chi connectivity index (χ1v) is 14.0. The number of nitrogens with one attached hydrogen (secondary N) is 1. The zero-order valence-electron chi connectivity index (χ0n) is 21.6. The summed E-state index contributed by atoms with van der Waals surface area (Å²) in [5, 5.41) is 3.11. The van der Waals surface area contributed by atoms with Crippen LogP contribution in [0.15, 0.2) is 72.8 Å². The van der Waals surface area contributed by atoms with Crippen molar-refractivity contribution in [3.05, 3.63) is 99.8 Å². The number of halogens is 3. The Labute approximate surface area is 238 Å². The number of benzene rings is 3. The molecular formula is C27H29Cl2FN4O4S. The van der Waals surface area contributed by atoms with Gasteiger partial charge in [-0.3, -0.25) is 9.59 Å². The lowest BCUT2D eigenvalue weighted by Gasteiger charge is -2.34. The number of para-hydroxylation sites is 1. The highest BCUT2D eigenvalue weighted by Gasteiger charge is 2.35. The van der Waals surface area contributed by atoms with Crippen molar-refractivity contribution in [2.75, 3.05) is 32.0 Å². The van der Waals surface area contributed by atoms with Gasteiger partial charge in [-0.25, -0.2) is 8.70 Å². The first-order chi connectivity index (χ1) is 18.5. The van der Waals surface area contributed by atoms with E-state index in [0.717, 1.165) is 15.9 Å². The van der Waals surface area contributed by atoms with Gasteiger partial charge in [0, 0.05) is 49.7 Å². The molecular weight excluding hydrogens is 566 g/mol. The van der Waals surface area contributed by atoms with Crippen LogP contribution in [0.4, 0.5) is 10.1 Å². The van der Waals surface area contributed by atoms with Crippen LogP contribution in [0, 0.1) is 5.82 Å². The molecule has 12 heteroatoms. The van der Waals surface area contributed by atoms with Gasteiger partial charge in [-0.15, -0.1) is 0 Å². The van der Waals surface area contributed by atoms with Gasteiger partial charge in [-0.1, -0.05) is 71.7 Å². The minimum absolute atomic E-state index is 0.119. The topological polar surface area (TPSA) is 90.0 Å². The Balaban J connectivity index is 2.12. The largest absolute Gasteiger partial charge is 0.357 e. The van der Waals surface area contributed by atoms with E-state index in [4.69, 9.17) is 23.2 Å². The maximum Gasteiger partial charge on any atom is 0.304 e. The second kappa shape index (κ2) is 13.3. The van der Waals surface area contributed by atoms with E-state index in [2.05, 4.69) is 5.32 Å². The van der Waals surface area contributed by atoms with Crippen molar-refractivity contribution in [2.45, 2.75) is 19.0 Å². The Morgan fingerprint density at radius 1 is 0.923 bits per heavy atom. The van der Waals surface area contributed by atoms with E-state index in [1.165, 1.54) is 44.2 Å². The predicted octanol–water partition coefficient (Wildman–Crippen LogP) is 4.13. The van der Waals surface area contributed by atoms with E-state index in [-0.39, 0.29) is 28.7 Å². The average Bonchev–Trinajstić information content (AvgIpc) is 2.91. The predicted molar refractivity (Wildman–Crippen MR) is 151 cm³/mol. The molecule has 3 aromatic rings. The van der Waals surface area contributed by atoms with Crippen molar-refractivity contribution in [1.29, 1.82) is 0 Å². The quantitative estimate of drug-likeness (QED) is 0.361. The van der Waals surface area contributed by atoms with Gasteiger partial charge in [0.25, 0.3) is 0 Å². The molecule has 0 aliphatic carbocycles. The number of rotatable bonds is 11. The van der Waals surface area contributed by atoms with Crippen molar-refractivity contribution in [3.8, 4) is 0 Å². The summed E-state index contributed by atoms with van der Waals surface area (Å²) < 4.78 is 42.9. The molecule has 3 rings (SSSR count). The minimum Gasteiger partial charge on any atom is -0.357 e. The zero-order valence-corrected chi connectivity index (χ0v) is 24.0. The summed E-state index contributed by atoms with van der Waals surface area (Å²) in [6, 6.07) is 18.1. The van der Waals surface area contributed by atoms with E-state index < -0.39 is 40.4 Å². The van der Waals surface area contributed by atoms with E-state index in [1.54, 1.807) is 30.3 Å². The van der Waals surface area contributed by atoms with Crippen LogP contribution >= 0.6 is 23.2 Å². The van der Waals surface area contributed by atoms with Gasteiger partial charge in [0.05, 0.1) is 5.69 Å². The third-order valence-corrected chi connectivity index (χ3v) is 8.56. The first kappa shape index (κ1) is 30.4. The van der Waals surface area contributed by atoms with E-state index >= 15 is 0 Å². The average molecular weight is 596 g/mol. The summed E-state index contributed by atoms with van der Waals surface area (Å²) in [6.45, 7) is -0.985. The molecule has 0 spiro atoms. The molecule has 0 saturated carbocycles. The van der Waals surface area contributed by atoms with Crippen molar-refractivity contribution in [1.82, 2.24) is 14.5 Å². The fourth-order valence-electron chi connectivity index (χ4n) is 3.93. The molecule has 0 fully saturated rings. The Bertz CT molecular complexity index is 1400. The summed E-state index contributed by atoms with van der Waals surface area (Å²) in [5.41, 5.74) is 0.833. The summed E-state index contributed by atoms with van der Waals surface area (Å²) in [7, 11) is -0.327. The number of hydrogen-bond acceptors (Lipinski definition) is 4. The van der Waals surface area contributed by atoms with Gasteiger partial charge in [-0.2, -0.15) is 12.7 Å². The molecule has 2 amide bonds. The lowest BCUT2D eigenvalue weighted by atomic mass is 10.0. The molecule has 1 atom stereocenters. The highest BCUT2D eigenvalue weighted by molar-refractivity contribution is 7.90. The summed E-state index contributed by atoms with van der Waals surface area (Å²) >= 11 is 12.8. The normalized spacial score (nSPS) is 12.2. The van der Waals surface area contributed by atoms with Crippen LogP contribution in [0.1, 0.15) is 11.1 Å². The van der Waals surface area contributed by atoms with Crippen LogP contribution in [-0.2, 0) is 32.8 Å². The van der Waals surface area contributed by atoms with E-state index in [9.17, 15) is 22.4 Å². The number of likely N-dealkylation sites (N-methyl/N-ethyl adjacent to an activating group) is 1. The van der Waals surface area contributed by atoms with Crippen molar-refractivity contribution in [2.24, 2.45) is 0 Å². The third-order valence-electron chi connectivity index (χ3n) is 6.05. The van der Waals surface area contributed by atoms with Crippen molar-refractivity contribution < 1.29 is 22.4 Å². The molecule has 0 heterocycles. The Morgan fingerprint density at radius 2 is 1.51 bits per heavy atom. The number of carbonyl (C=O) groups excluding carboxylic acids is 2. The maximum absolute atomic E-state index is 14.8. The SMILES string of the molecule is CNC(=O)[C@H](Cc1ccccc1)N(Cc1c(Cl)cccc1Cl)C(=O)CN(c1ccccc1F)S(=O)(=O)N(C)C. The Hall–Kier alpha value is -3.18. The molecule has 0 aliphatic rings. The molecule has 0 aromatic heterocycles. The molecule has 0 unspecified atom stereocenters. The summed E-state index contributed by atoms with van der Waals surface area (Å²) in [4.78, 5) is 28.4. The van der Waals surface area contributed by atoms with E-state index in [1.807, 2.05) is 18.2 Å². The zero-order chi connectivity index (χ0) is 28.7. The molecule has 0 radical (unpaired) electrons. The van der Waals surface area contributed by atoms with Gasteiger partial charge < -0.3 is 10.2 Å². The van der Waals surface area contributed by atoms with Crippen molar-refractivity contribution >= 4 is 50.9 Å². The summed E-state index contributed by atoms with van der Waals surface area (Å²) in [6.07, 6.45) is 0.119. The fourth-order valence-corrected chi connectivity index (χ4v) is 5.51. The molecule has 0 saturated heterocycles. The molecule has 3 aromatic carbocycles. The Kier molecular flexibility index (Phi) is 10.3. The van der Waals surface area contributed by atoms with Crippen LogP contribution in [0.5, 0.6) is 0 Å². The van der Waals surface area contributed by atoms with Crippen LogP contribution in [-0.4, -0.2) is 63.2 Å². The second-order valence-corrected chi connectivity index (χ2v) is 11.7. The van der Waals surface area contributed by atoms with Gasteiger partial charge in [0.1, 0.15) is 18.4 Å². The van der Waals surface area contributed by atoms with Crippen LogP contribution in [0.3, 0.4) is 0 Å². The number of carbonyl (C=O) groups is 2. The molecule has 0 bridgehead atoms. The van der Waals surface area contributed by atoms with Gasteiger partial charge >= 0.3 is 10.2 Å². The molecule has 8 nitrogen and oxygen atoms in total. The molecule has 208 valence electrons. The number of amides is 2. The van der Waals surface area contributed by atoms with E-state index in [0.29, 0.717) is 9.87 Å². The third kappa shape index (κ3) is 7.27. The fraction of sp³-hybridized carbons (Fsp3) is 0.259. The monoisotopic (exact) mass is 594 g/mol. The van der Waals surface area contributed by atoms with Gasteiger partial charge in [0.15, 0.2) is 0 Å². The maximum atomic E-state index is 14.8. The van der Waals surface area contributed by atoms with Gasteiger partial charge in [-0.05, 0) is 29.8 Å².